The molecule has 0 bridgehead atoms. The predicted molar refractivity (Wildman–Crippen MR) is 51.2 cm³/mol. The molecule has 0 saturated heterocycles. The third kappa shape index (κ3) is 2.08. The summed E-state index contributed by atoms with van der Waals surface area (Å²) in [5, 5.41) is 3.34. The quantitative estimate of drug-likeness (QED) is 0.828. The largest absolute Gasteiger partial charge is 0.368 e. The van der Waals surface area contributed by atoms with E-state index in [4.69, 9.17) is 5.73 Å². The number of benzene rings is 1. The zero-order valence-corrected chi connectivity index (χ0v) is 8.25. The molecule has 2 aromatic rings. The Kier molecular flexibility index (Phi) is 2.74. The summed E-state index contributed by atoms with van der Waals surface area (Å²) in [6.45, 7) is 0. The van der Waals surface area contributed by atoms with Crippen LogP contribution in [0.3, 0.4) is 0 Å². The molecule has 2 N–H and O–H groups in total. The van der Waals surface area contributed by atoms with Gasteiger partial charge < -0.3 is 10.3 Å². The van der Waals surface area contributed by atoms with Crippen molar-refractivity contribution in [1.29, 1.82) is 0 Å². The molecule has 90 valence electrons. The molecule has 1 aromatic heterocycles. The topological polar surface area (TPSA) is 52.0 Å². The lowest BCUT2D eigenvalue weighted by Crippen LogP contribution is -1.95. The maximum atomic E-state index is 13.4. The second-order valence-corrected chi connectivity index (χ2v) is 3.28. The number of nitrogen functional groups attached to an aromatic ring is 1. The van der Waals surface area contributed by atoms with Crippen LogP contribution in [0.1, 0.15) is 12.0 Å². The van der Waals surface area contributed by atoms with Gasteiger partial charge in [0.1, 0.15) is 5.69 Å². The number of halogens is 4. The van der Waals surface area contributed by atoms with Crippen molar-refractivity contribution >= 4 is 5.88 Å². The van der Waals surface area contributed by atoms with Crippen molar-refractivity contribution in [2.24, 2.45) is 0 Å². The highest BCUT2D eigenvalue weighted by atomic mass is 19.3. The van der Waals surface area contributed by atoms with E-state index in [2.05, 4.69) is 9.68 Å². The van der Waals surface area contributed by atoms with Gasteiger partial charge >= 0.3 is 0 Å². The second-order valence-electron chi connectivity index (χ2n) is 3.28. The summed E-state index contributed by atoms with van der Waals surface area (Å²) in [5.74, 6) is -2.77. The Bertz CT molecular complexity index is 553. The van der Waals surface area contributed by atoms with Crippen LogP contribution in [-0.4, -0.2) is 5.16 Å². The Hall–Kier alpha value is -2.05. The molecule has 0 fully saturated rings. The van der Waals surface area contributed by atoms with Crippen LogP contribution in [0.15, 0.2) is 22.7 Å². The number of anilines is 1. The van der Waals surface area contributed by atoms with Gasteiger partial charge in [-0.3, -0.25) is 0 Å². The number of alkyl halides is 2. The van der Waals surface area contributed by atoms with E-state index in [1.807, 2.05) is 0 Å². The average molecular weight is 246 g/mol. The fraction of sp³-hybridized carbons (Fsp3) is 0.100. The minimum atomic E-state index is -2.91. The number of hydrogen-bond donors (Lipinski definition) is 1. The Balaban J connectivity index is 2.60. The fourth-order valence-corrected chi connectivity index (χ4v) is 1.34. The first kappa shape index (κ1) is 11.4. The van der Waals surface area contributed by atoms with Crippen LogP contribution in [0.4, 0.5) is 23.4 Å². The second kappa shape index (κ2) is 4.08. The van der Waals surface area contributed by atoms with Crippen molar-refractivity contribution in [3.05, 3.63) is 35.4 Å². The molecule has 1 aromatic carbocycles. The maximum absolute atomic E-state index is 13.4. The van der Waals surface area contributed by atoms with Crippen molar-refractivity contribution in [2.45, 2.75) is 6.43 Å². The SMILES string of the molecule is Nc1cc(-c2cc(C(F)F)cc(F)c2F)no1. The van der Waals surface area contributed by atoms with E-state index in [1.165, 1.54) is 0 Å². The average Bonchev–Trinajstić information content (AvgIpc) is 2.68. The Morgan fingerprint density at radius 1 is 1.18 bits per heavy atom. The van der Waals surface area contributed by atoms with Crippen molar-refractivity contribution in [3.63, 3.8) is 0 Å². The summed E-state index contributed by atoms with van der Waals surface area (Å²) >= 11 is 0. The van der Waals surface area contributed by atoms with Gasteiger partial charge in [0.25, 0.3) is 6.43 Å². The highest BCUT2D eigenvalue weighted by molar-refractivity contribution is 5.63. The third-order valence-electron chi connectivity index (χ3n) is 2.11. The van der Waals surface area contributed by atoms with E-state index in [9.17, 15) is 17.6 Å². The van der Waals surface area contributed by atoms with Gasteiger partial charge in [-0.1, -0.05) is 5.16 Å². The first-order valence-electron chi connectivity index (χ1n) is 4.48. The number of nitrogens with two attached hydrogens (primary N) is 1. The molecule has 0 unspecified atom stereocenters. The van der Waals surface area contributed by atoms with Crippen LogP contribution in [0.5, 0.6) is 0 Å². The molecule has 17 heavy (non-hydrogen) atoms. The summed E-state index contributed by atoms with van der Waals surface area (Å²) in [5.41, 5.74) is 4.02. The van der Waals surface area contributed by atoms with Crippen LogP contribution in [0, 0.1) is 11.6 Å². The normalized spacial score (nSPS) is 11.1. The number of aromatic nitrogens is 1. The highest BCUT2D eigenvalue weighted by Gasteiger charge is 2.19. The first-order chi connectivity index (χ1) is 7.99. The van der Waals surface area contributed by atoms with Crippen molar-refractivity contribution < 1.29 is 22.1 Å². The molecule has 0 atom stereocenters. The lowest BCUT2D eigenvalue weighted by atomic mass is 10.1. The molecule has 0 aliphatic heterocycles. The number of hydrogen-bond acceptors (Lipinski definition) is 3. The molecule has 1 heterocycles. The fourth-order valence-electron chi connectivity index (χ4n) is 1.34. The Morgan fingerprint density at radius 3 is 2.41 bits per heavy atom. The Morgan fingerprint density at radius 2 is 1.88 bits per heavy atom. The molecule has 0 spiro atoms. The summed E-state index contributed by atoms with van der Waals surface area (Å²) in [4.78, 5) is 0. The van der Waals surface area contributed by atoms with E-state index in [-0.39, 0.29) is 11.6 Å². The minimum Gasteiger partial charge on any atom is -0.368 e. The van der Waals surface area contributed by atoms with E-state index in [0.29, 0.717) is 6.07 Å². The minimum absolute atomic E-state index is 0.123. The van der Waals surface area contributed by atoms with Crippen LogP contribution >= 0.6 is 0 Å². The zero-order chi connectivity index (χ0) is 12.6. The molecule has 0 aliphatic rings. The van der Waals surface area contributed by atoms with Gasteiger partial charge in [-0.15, -0.1) is 0 Å². The smallest absolute Gasteiger partial charge is 0.263 e. The van der Waals surface area contributed by atoms with Crippen molar-refractivity contribution in [1.82, 2.24) is 5.16 Å². The molecule has 0 radical (unpaired) electrons. The van der Waals surface area contributed by atoms with E-state index >= 15 is 0 Å². The van der Waals surface area contributed by atoms with Gasteiger partial charge in [0.05, 0.1) is 0 Å². The lowest BCUT2D eigenvalue weighted by Gasteiger charge is -2.04. The predicted octanol–water partition coefficient (Wildman–Crippen LogP) is 3.14. The van der Waals surface area contributed by atoms with Gasteiger partial charge in [-0.2, -0.15) is 0 Å². The molecule has 2 rings (SSSR count). The zero-order valence-electron chi connectivity index (χ0n) is 8.25. The monoisotopic (exact) mass is 246 g/mol. The first-order valence-corrected chi connectivity index (χ1v) is 4.48. The molecular weight excluding hydrogens is 240 g/mol. The van der Waals surface area contributed by atoms with Crippen molar-refractivity contribution in [3.8, 4) is 11.3 Å². The molecule has 7 heteroatoms. The molecule has 0 aliphatic carbocycles. The number of rotatable bonds is 2. The highest BCUT2D eigenvalue weighted by Crippen LogP contribution is 2.30. The van der Waals surface area contributed by atoms with Crippen LogP contribution < -0.4 is 5.73 Å². The molecular formula is C10H6F4N2O. The standard InChI is InChI=1S/C10H6F4N2O/c11-6-2-4(10(13)14)1-5(9(6)12)7-3-8(15)17-16-7/h1-3,10H,15H2. The van der Waals surface area contributed by atoms with E-state index < -0.39 is 29.2 Å². The third-order valence-corrected chi connectivity index (χ3v) is 2.11. The summed E-state index contributed by atoms with van der Waals surface area (Å²) in [7, 11) is 0. The van der Waals surface area contributed by atoms with Gasteiger partial charge in [-0.05, 0) is 12.1 Å². The van der Waals surface area contributed by atoms with E-state index in [0.717, 1.165) is 12.1 Å². The molecule has 0 saturated carbocycles. The van der Waals surface area contributed by atoms with Gasteiger partial charge in [0.2, 0.25) is 5.88 Å². The van der Waals surface area contributed by atoms with Gasteiger partial charge in [0, 0.05) is 17.2 Å². The van der Waals surface area contributed by atoms with E-state index in [1.54, 1.807) is 0 Å². The molecule has 0 amide bonds. The molecule has 3 nitrogen and oxygen atoms in total. The van der Waals surface area contributed by atoms with Crippen LogP contribution in [0.2, 0.25) is 0 Å². The Labute approximate surface area is 92.8 Å². The summed E-state index contributed by atoms with van der Waals surface area (Å²) in [6.07, 6.45) is -2.91. The van der Waals surface area contributed by atoms with Crippen LogP contribution in [0.25, 0.3) is 11.3 Å². The number of nitrogens with zero attached hydrogens (tertiary/aromatic N) is 1. The maximum Gasteiger partial charge on any atom is 0.263 e. The lowest BCUT2D eigenvalue weighted by molar-refractivity contribution is 0.151. The summed E-state index contributed by atoms with van der Waals surface area (Å²) < 4.78 is 55.8. The van der Waals surface area contributed by atoms with Crippen LogP contribution in [-0.2, 0) is 0 Å². The van der Waals surface area contributed by atoms with Gasteiger partial charge in [-0.25, -0.2) is 17.6 Å². The van der Waals surface area contributed by atoms with Gasteiger partial charge in [0.15, 0.2) is 11.6 Å². The summed E-state index contributed by atoms with van der Waals surface area (Å²) in [6, 6.07) is 2.36. The van der Waals surface area contributed by atoms with Crippen molar-refractivity contribution in [2.75, 3.05) is 5.73 Å².